The number of carbonyl (C=O) groups is 1. The van der Waals surface area contributed by atoms with E-state index in [0.717, 1.165) is 22.5 Å². The molecule has 0 saturated carbocycles. The Morgan fingerprint density at radius 2 is 1.66 bits per heavy atom. The maximum absolute atomic E-state index is 12.5. The SMILES string of the molecule is O=C(CSc1nnc(-c2cccnc2)n1-c1ccccc1)NCCc1cnn(-c2ccccc2)c1. The number of nitrogens with one attached hydrogen (secondary N) is 1. The molecular formula is C26H23N7OS. The predicted molar refractivity (Wildman–Crippen MR) is 136 cm³/mol. The van der Waals surface area contributed by atoms with Crippen LogP contribution in [-0.4, -0.2) is 47.7 Å². The van der Waals surface area contributed by atoms with Crippen LogP contribution >= 0.6 is 11.8 Å². The van der Waals surface area contributed by atoms with Crippen LogP contribution in [-0.2, 0) is 11.2 Å². The Hall–Kier alpha value is -4.24. The second-order valence-corrected chi connectivity index (χ2v) is 8.68. The largest absolute Gasteiger partial charge is 0.355 e. The van der Waals surface area contributed by atoms with E-state index in [0.29, 0.717) is 23.9 Å². The zero-order valence-corrected chi connectivity index (χ0v) is 19.7. The molecule has 35 heavy (non-hydrogen) atoms. The number of carbonyl (C=O) groups excluding carboxylic acids is 1. The molecule has 0 saturated heterocycles. The van der Waals surface area contributed by atoms with Gasteiger partial charge in [0.05, 0.1) is 17.6 Å². The quantitative estimate of drug-likeness (QED) is 0.321. The first kappa shape index (κ1) is 22.5. The van der Waals surface area contributed by atoms with Gasteiger partial charge < -0.3 is 5.32 Å². The van der Waals surface area contributed by atoms with Gasteiger partial charge in [-0.1, -0.05) is 48.2 Å². The first-order chi connectivity index (χ1) is 17.3. The summed E-state index contributed by atoms with van der Waals surface area (Å²) >= 11 is 1.35. The first-order valence-electron chi connectivity index (χ1n) is 11.2. The molecule has 0 radical (unpaired) electrons. The molecule has 5 rings (SSSR count). The van der Waals surface area contributed by atoms with E-state index in [1.54, 1.807) is 12.4 Å². The molecule has 0 unspecified atom stereocenters. The van der Waals surface area contributed by atoms with Gasteiger partial charge in [0, 0.05) is 36.4 Å². The number of thioether (sulfide) groups is 1. The average Bonchev–Trinajstić information content (AvgIpc) is 3.57. The predicted octanol–water partition coefficient (Wildman–Crippen LogP) is 3.97. The minimum atomic E-state index is -0.0593. The number of hydrogen-bond donors (Lipinski definition) is 1. The molecule has 0 aliphatic heterocycles. The van der Waals surface area contributed by atoms with Crippen molar-refractivity contribution in [3.05, 3.63) is 103 Å². The normalized spacial score (nSPS) is 10.9. The van der Waals surface area contributed by atoms with Crippen molar-refractivity contribution in [3.63, 3.8) is 0 Å². The Morgan fingerprint density at radius 3 is 2.40 bits per heavy atom. The molecule has 1 amide bonds. The maximum Gasteiger partial charge on any atom is 0.230 e. The summed E-state index contributed by atoms with van der Waals surface area (Å²) in [5.41, 5.74) is 3.85. The Bertz CT molecular complexity index is 1390. The fourth-order valence-electron chi connectivity index (χ4n) is 3.59. The molecule has 8 nitrogen and oxygen atoms in total. The van der Waals surface area contributed by atoms with Gasteiger partial charge >= 0.3 is 0 Å². The van der Waals surface area contributed by atoms with Crippen LogP contribution in [0, 0.1) is 0 Å². The van der Waals surface area contributed by atoms with Crippen molar-refractivity contribution in [3.8, 4) is 22.8 Å². The van der Waals surface area contributed by atoms with Crippen LogP contribution in [0.4, 0.5) is 0 Å². The van der Waals surface area contributed by atoms with E-state index in [-0.39, 0.29) is 11.7 Å². The second kappa shape index (κ2) is 10.8. The second-order valence-electron chi connectivity index (χ2n) is 7.74. The highest BCUT2D eigenvalue weighted by atomic mass is 32.2. The van der Waals surface area contributed by atoms with Crippen LogP contribution in [0.25, 0.3) is 22.8 Å². The highest BCUT2D eigenvalue weighted by molar-refractivity contribution is 7.99. The zero-order valence-electron chi connectivity index (χ0n) is 18.9. The van der Waals surface area contributed by atoms with Crippen LogP contribution < -0.4 is 5.32 Å². The maximum atomic E-state index is 12.5. The van der Waals surface area contributed by atoms with Crippen molar-refractivity contribution in [2.24, 2.45) is 0 Å². The summed E-state index contributed by atoms with van der Waals surface area (Å²) in [6.45, 7) is 0.534. The van der Waals surface area contributed by atoms with E-state index in [1.165, 1.54) is 11.8 Å². The third kappa shape index (κ3) is 5.47. The zero-order chi connectivity index (χ0) is 23.9. The van der Waals surface area contributed by atoms with E-state index in [9.17, 15) is 4.79 Å². The van der Waals surface area contributed by atoms with Crippen molar-refractivity contribution < 1.29 is 4.79 Å². The van der Waals surface area contributed by atoms with Gasteiger partial charge in [-0.15, -0.1) is 10.2 Å². The Morgan fingerprint density at radius 1 is 0.886 bits per heavy atom. The highest BCUT2D eigenvalue weighted by Crippen LogP contribution is 2.27. The van der Waals surface area contributed by atoms with Crippen LogP contribution in [0.2, 0.25) is 0 Å². The molecule has 9 heteroatoms. The van der Waals surface area contributed by atoms with Crippen molar-refractivity contribution in [1.29, 1.82) is 0 Å². The summed E-state index contributed by atoms with van der Waals surface area (Å²) in [7, 11) is 0. The molecule has 2 aromatic carbocycles. The van der Waals surface area contributed by atoms with Gasteiger partial charge in [0.2, 0.25) is 5.91 Å². The van der Waals surface area contributed by atoms with Crippen molar-refractivity contribution >= 4 is 17.7 Å². The van der Waals surface area contributed by atoms with Crippen LogP contribution in [0.5, 0.6) is 0 Å². The van der Waals surface area contributed by atoms with Gasteiger partial charge in [-0.05, 0) is 48.4 Å². The van der Waals surface area contributed by atoms with Crippen molar-refractivity contribution in [2.45, 2.75) is 11.6 Å². The number of benzene rings is 2. The Balaban J connectivity index is 1.20. The Labute approximate surface area is 207 Å². The van der Waals surface area contributed by atoms with E-state index in [2.05, 4.69) is 25.6 Å². The fraction of sp³-hybridized carbons (Fsp3) is 0.115. The lowest BCUT2D eigenvalue weighted by Gasteiger charge is -2.10. The third-order valence-corrected chi connectivity index (χ3v) is 6.22. The Kier molecular flexibility index (Phi) is 6.95. The van der Waals surface area contributed by atoms with E-state index >= 15 is 0 Å². The lowest BCUT2D eigenvalue weighted by Crippen LogP contribution is -2.27. The molecule has 0 atom stereocenters. The third-order valence-electron chi connectivity index (χ3n) is 5.29. The van der Waals surface area contributed by atoms with E-state index < -0.39 is 0 Å². The number of nitrogens with zero attached hydrogens (tertiary/aromatic N) is 6. The van der Waals surface area contributed by atoms with E-state index in [1.807, 2.05) is 94.4 Å². The monoisotopic (exact) mass is 481 g/mol. The number of rotatable bonds is 9. The molecule has 1 N–H and O–H groups in total. The van der Waals surface area contributed by atoms with Crippen LogP contribution in [0.15, 0.2) is 103 Å². The molecule has 3 heterocycles. The number of hydrogen-bond acceptors (Lipinski definition) is 6. The summed E-state index contributed by atoms with van der Waals surface area (Å²) in [5.74, 6) is 0.861. The van der Waals surface area contributed by atoms with E-state index in [4.69, 9.17) is 0 Å². The van der Waals surface area contributed by atoms with Gasteiger partial charge in [-0.25, -0.2) is 4.68 Å². The molecule has 0 aliphatic rings. The van der Waals surface area contributed by atoms with Crippen molar-refractivity contribution in [1.82, 2.24) is 34.8 Å². The summed E-state index contributed by atoms with van der Waals surface area (Å²) < 4.78 is 3.79. The molecule has 0 aliphatic carbocycles. The van der Waals surface area contributed by atoms with Gasteiger partial charge in [0.25, 0.3) is 0 Å². The molecule has 0 bridgehead atoms. The first-order valence-corrected chi connectivity index (χ1v) is 12.2. The minimum Gasteiger partial charge on any atom is -0.355 e. The van der Waals surface area contributed by atoms with Gasteiger partial charge in [-0.3, -0.25) is 14.3 Å². The topological polar surface area (TPSA) is 90.5 Å². The van der Waals surface area contributed by atoms with Gasteiger partial charge in [0.15, 0.2) is 11.0 Å². The average molecular weight is 482 g/mol. The van der Waals surface area contributed by atoms with Gasteiger partial charge in [-0.2, -0.15) is 5.10 Å². The van der Waals surface area contributed by atoms with Crippen molar-refractivity contribution in [2.75, 3.05) is 12.3 Å². The van der Waals surface area contributed by atoms with Crippen LogP contribution in [0.3, 0.4) is 0 Å². The molecule has 3 aromatic heterocycles. The number of pyridine rings is 1. The number of para-hydroxylation sites is 2. The fourth-order valence-corrected chi connectivity index (χ4v) is 4.38. The lowest BCUT2D eigenvalue weighted by atomic mass is 10.2. The summed E-state index contributed by atoms with van der Waals surface area (Å²) in [6.07, 6.45) is 7.99. The summed E-state index contributed by atoms with van der Waals surface area (Å²) in [5, 5.41) is 16.8. The summed E-state index contributed by atoms with van der Waals surface area (Å²) in [6, 6.07) is 23.6. The summed E-state index contributed by atoms with van der Waals surface area (Å²) in [4.78, 5) is 16.7. The minimum absolute atomic E-state index is 0.0593. The molecule has 0 fully saturated rings. The molecule has 174 valence electrons. The smallest absolute Gasteiger partial charge is 0.230 e. The van der Waals surface area contributed by atoms with Gasteiger partial charge in [0.1, 0.15) is 0 Å². The lowest BCUT2D eigenvalue weighted by molar-refractivity contribution is -0.118. The number of amides is 1. The number of aromatic nitrogens is 6. The molecule has 0 spiro atoms. The standard InChI is InChI=1S/C26H23N7OS/c34-24(28-15-13-20-16-29-32(18-20)22-9-3-1-4-10-22)19-35-26-31-30-25(21-8-7-14-27-17-21)33(26)23-11-5-2-6-12-23/h1-12,14,16-18H,13,15,19H2,(H,28,34). The molecular weight excluding hydrogens is 458 g/mol. The highest BCUT2D eigenvalue weighted by Gasteiger charge is 2.17. The van der Waals surface area contributed by atoms with Crippen LogP contribution in [0.1, 0.15) is 5.56 Å². The molecule has 5 aromatic rings.